The molecule has 1 saturated heterocycles. The molecular formula is C38H55N5O5. The number of benzene rings is 1. The van der Waals surface area contributed by atoms with Gasteiger partial charge in [0.2, 0.25) is 17.6 Å². The van der Waals surface area contributed by atoms with Crippen LogP contribution in [0.15, 0.2) is 43.0 Å². The number of terminal acetylenes is 1. The van der Waals surface area contributed by atoms with E-state index in [9.17, 15) is 24.0 Å². The monoisotopic (exact) mass is 661 g/mol. The van der Waals surface area contributed by atoms with Gasteiger partial charge < -0.3 is 26.2 Å². The number of nitrogens with one attached hydrogen (secondary N) is 4. The van der Waals surface area contributed by atoms with E-state index in [4.69, 9.17) is 6.42 Å². The topological polar surface area (TPSA) is 137 Å². The van der Waals surface area contributed by atoms with Gasteiger partial charge in [-0.2, -0.15) is 0 Å². The molecule has 0 bridgehead atoms. The Kier molecular flexibility index (Phi) is 13.8. The standard InChI is InChI=1S/C38H55N5O5/c1-8-10-19-29(31(44)34(46)39-22-9-2)40-33(45)30-23-28(26(3)4)25-43(30)35(47)32(37(5,6)7)41-36(48)42-38(20-15-12-16-21-38)24-27-17-13-11-14-18-27/h1,9,11,13-14,17-18,26,28-30,32H,2,10,12,15-16,19-25H2,3-7H3,(H,39,46)(H,40,45)(H2,41,42,48)/t28-,29?,30+,32-/m1/s1. The molecule has 1 unspecified atom stereocenters. The predicted molar refractivity (Wildman–Crippen MR) is 188 cm³/mol. The number of carbonyl (C=O) groups is 5. The van der Waals surface area contributed by atoms with E-state index in [0.29, 0.717) is 19.4 Å². The summed E-state index contributed by atoms with van der Waals surface area (Å²) in [6.07, 6.45) is 13.1. The van der Waals surface area contributed by atoms with Crippen LogP contribution < -0.4 is 21.3 Å². The zero-order valence-corrected chi connectivity index (χ0v) is 29.4. The Balaban J connectivity index is 1.83. The minimum Gasteiger partial charge on any atom is -0.346 e. The summed E-state index contributed by atoms with van der Waals surface area (Å²) in [6, 6.07) is 6.73. The van der Waals surface area contributed by atoms with Gasteiger partial charge in [0.25, 0.3) is 5.91 Å². The molecule has 10 nitrogen and oxygen atoms in total. The van der Waals surface area contributed by atoms with Crippen LogP contribution in [0.4, 0.5) is 4.79 Å². The minimum atomic E-state index is -1.15. The molecule has 1 aliphatic heterocycles. The highest BCUT2D eigenvalue weighted by Gasteiger charge is 2.46. The van der Waals surface area contributed by atoms with Gasteiger partial charge in [0.15, 0.2) is 0 Å². The van der Waals surface area contributed by atoms with Gasteiger partial charge in [0, 0.05) is 25.0 Å². The van der Waals surface area contributed by atoms with E-state index < -0.39 is 52.7 Å². The van der Waals surface area contributed by atoms with E-state index in [2.05, 4.69) is 45.9 Å². The maximum absolute atomic E-state index is 14.4. The van der Waals surface area contributed by atoms with Crippen LogP contribution >= 0.6 is 0 Å². The van der Waals surface area contributed by atoms with Crippen LogP contribution in [0.5, 0.6) is 0 Å². The van der Waals surface area contributed by atoms with Crippen LogP contribution in [0, 0.1) is 29.6 Å². The summed E-state index contributed by atoms with van der Waals surface area (Å²) in [5.74, 6) is 0.108. The molecule has 5 amide bonds. The molecule has 1 aliphatic carbocycles. The molecule has 1 heterocycles. The van der Waals surface area contributed by atoms with Gasteiger partial charge >= 0.3 is 6.03 Å². The van der Waals surface area contributed by atoms with Crippen molar-refractivity contribution in [2.24, 2.45) is 17.3 Å². The third-order valence-corrected chi connectivity index (χ3v) is 9.67. The fourth-order valence-electron chi connectivity index (χ4n) is 6.80. The molecule has 0 spiro atoms. The van der Waals surface area contributed by atoms with Crippen molar-refractivity contribution in [3.05, 3.63) is 48.6 Å². The second kappa shape index (κ2) is 17.3. The maximum atomic E-state index is 14.4. The average molecular weight is 662 g/mol. The number of carbonyl (C=O) groups excluding carboxylic acids is 5. The summed E-state index contributed by atoms with van der Waals surface area (Å²) in [4.78, 5) is 69.1. The van der Waals surface area contributed by atoms with E-state index in [0.717, 1.165) is 37.7 Å². The first-order chi connectivity index (χ1) is 22.7. The molecule has 1 saturated carbocycles. The molecule has 2 fully saturated rings. The third-order valence-electron chi connectivity index (χ3n) is 9.67. The molecule has 4 N–H and O–H groups in total. The Bertz CT molecular complexity index is 1340. The number of amides is 5. The minimum absolute atomic E-state index is 0.0197. The van der Waals surface area contributed by atoms with Gasteiger partial charge in [-0.1, -0.05) is 90.3 Å². The maximum Gasteiger partial charge on any atom is 0.315 e. The average Bonchev–Trinajstić information content (AvgIpc) is 3.50. The van der Waals surface area contributed by atoms with Crippen LogP contribution in [0.3, 0.4) is 0 Å². The van der Waals surface area contributed by atoms with Crippen LogP contribution in [-0.4, -0.2) is 71.2 Å². The zero-order chi connectivity index (χ0) is 35.5. The molecule has 3 rings (SSSR count). The second-order valence-corrected chi connectivity index (χ2v) is 14.8. The zero-order valence-electron chi connectivity index (χ0n) is 29.4. The number of ketones is 1. The van der Waals surface area contributed by atoms with Gasteiger partial charge in [0.05, 0.1) is 6.04 Å². The first-order valence-corrected chi connectivity index (χ1v) is 17.3. The van der Waals surface area contributed by atoms with Crippen LogP contribution in [-0.2, 0) is 25.6 Å². The van der Waals surface area contributed by atoms with Crippen molar-refractivity contribution in [2.45, 2.75) is 116 Å². The number of hydrogen-bond acceptors (Lipinski definition) is 5. The lowest BCUT2D eigenvalue weighted by molar-refractivity contribution is -0.143. The van der Waals surface area contributed by atoms with Crippen molar-refractivity contribution in [2.75, 3.05) is 13.1 Å². The molecular weight excluding hydrogens is 606 g/mol. The summed E-state index contributed by atoms with van der Waals surface area (Å²) < 4.78 is 0. The molecule has 4 atom stereocenters. The predicted octanol–water partition coefficient (Wildman–Crippen LogP) is 4.29. The van der Waals surface area contributed by atoms with Gasteiger partial charge in [-0.05, 0) is 54.9 Å². The second-order valence-electron chi connectivity index (χ2n) is 14.8. The quantitative estimate of drug-likeness (QED) is 0.134. The Morgan fingerprint density at radius 3 is 2.31 bits per heavy atom. The number of Topliss-reactive ketones (excluding diaryl/α,β-unsaturated/α-hetero) is 1. The van der Waals surface area contributed by atoms with Crippen molar-refractivity contribution in [1.82, 2.24) is 26.2 Å². The summed E-state index contributed by atoms with van der Waals surface area (Å²) in [5, 5.41) is 11.5. The van der Waals surface area contributed by atoms with Gasteiger partial charge in [-0.15, -0.1) is 18.9 Å². The van der Waals surface area contributed by atoms with Crippen LogP contribution in [0.25, 0.3) is 0 Å². The molecule has 2 aliphatic rings. The summed E-state index contributed by atoms with van der Waals surface area (Å²) in [6.45, 7) is 13.7. The smallest absolute Gasteiger partial charge is 0.315 e. The summed E-state index contributed by atoms with van der Waals surface area (Å²) in [5.41, 5.74) is 0.0382. The molecule has 1 aromatic carbocycles. The van der Waals surface area contributed by atoms with Crippen LogP contribution in [0.2, 0.25) is 0 Å². The Hall–Kier alpha value is -4.13. The number of urea groups is 1. The number of likely N-dealkylation sites (tertiary alicyclic amines) is 1. The van der Waals surface area contributed by atoms with E-state index in [1.54, 1.807) is 0 Å². The Labute approximate surface area is 286 Å². The third kappa shape index (κ3) is 10.4. The number of nitrogens with zero attached hydrogens (tertiary/aromatic N) is 1. The summed E-state index contributed by atoms with van der Waals surface area (Å²) >= 11 is 0. The largest absolute Gasteiger partial charge is 0.346 e. The first kappa shape index (κ1) is 38.3. The van der Waals surface area contributed by atoms with Gasteiger partial charge in [0.1, 0.15) is 12.1 Å². The fraction of sp³-hybridized carbons (Fsp3) is 0.605. The highest BCUT2D eigenvalue weighted by molar-refractivity contribution is 6.38. The molecule has 48 heavy (non-hydrogen) atoms. The molecule has 10 heteroatoms. The lowest BCUT2D eigenvalue weighted by atomic mass is 9.77. The number of rotatable bonds is 14. The fourth-order valence-corrected chi connectivity index (χ4v) is 6.80. The Morgan fingerprint density at radius 2 is 1.73 bits per heavy atom. The number of hydrogen-bond donors (Lipinski definition) is 4. The molecule has 0 radical (unpaired) electrons. The SMILES string of the molecule is C#CCCC(NC(=O)[C@@H]1C[C@@H](C(C)C)CN1C(=O)[C@@H](NC(=O)NC1(Cc2ccccc2)CCCCC1)C(C)(C)C)C(=O)C(=O)NCC=C. The van der Waals surface area contributed by atoms with Gasteiger partial charge in [-0.3, -0.25) is 19.2 Å². The van der Waals surface area contributed by atoms with Crippen LogP contribution in [0.1, 0.15) is 91.5 Å². The molecule has 1 aromatic rings. The van der Waals surface area contributed by atoms with Crippen molar-refractivity contribution in [3.8, 4) is 12.3 Å². The Morgan fingerprint density at radius 1 is 1.06 bits per heavy atom. The van der Waals surface area contributed by atoms with E-state index in [-0.39, 0.29) is 37.1 Å². The van der Waals surface area contributed by atoms with Crippen molar-refractivity contribution >= 4 is 29.5 Å². The highest BCUT2D eigenvalue weighted by atomic mass is 16.2. The lowest BCUT2D eigenvalue weighted by Gasteiger charge is -2.40. The molecule has 0 aromatic heterocycles. The summed E-state index contributed by atoms with van der Waals surface area (Å²) in [7, 11) is 0. The lowest BCUT2D eigenvalue weighted by Crippen LogP contribution is -2.62. The van der Waals surface area contributed by atoms with Crippen molar-refractivity contribution in [1.29, 1.82) is 0 Å². The van der Waals surface area contributed by atoms with Gasteiger partial charge in [-0.25, -0.2) is 4.79 Å². The normalized spacial score (nSPS) is 20.1. The van der Waals surface area contributed by atoms with E-state index in [1.165, 1.54) is 11.0 Å². The van der Waals surface area contributed by atoms with Crippen molar-refractivity contribution < 1.29 is 24.0 Å². The van der Waals surface area contributed by atoms with E-state index >= 15 is 0 Å². The molecule has 262 valence electrons. The first-order valence-electron chi connectivity index (χ1n) is 17.3. The van der Waals surface area contributed by atoms with Crippen molar-refractivity contribution in [3.63, 3.8) is 0 Å². The van der Waals surface area contributed by atoms with E-state index in [1.807, 2.05) is 52.8 Å². The highest BCUT2D eigenvalue weighted by Crippen LogP contribution is 2.34.